The summed E-state index contributed by atoms with van der Waals surface area (Å²) in [4.78, 5) is 14.9. The number of carbonyl (C=O) groups is 1. The fraction of sp³-hybridized carbons (Fsp3) is 0.111. The highest BCUT2D eigenvalue weighted by Gasteiger charge is 2.03. The van der Waals surface area contributed by atoms with Gasteiger partial charge < -0.3 is 0 Å². The third kappa shape index (κ3) is 2.08. The van der Waals surface area contributed by atoms with Gasteiger partial charge in [-0.25, -0.2) is 0 Å². The molecule has 3 heteroatoms. The zero-order chi connectivity index (χ0) is 8.97. The molecule has 0 fully saturated rings. The lowest BCUT2D eigenvalue weighted by molar-refractivity contribution is 0.0993. The van der Waals surface area contributed by atoms with Crippen LogP contribution in [0, 0.1) is 12.3 Å². The maximum atomic E-state index is 11.1. The van der Waals surface area contributed by atoms with Crippen molar-refractivity contribution >= 4 is 17.4 Å². The molecule has 0 saturated carbocycles. The highest BCUT2D eigenvalue weighted by atomic mass is 35.5. The molecule has 0 aliphatic heterocycles. The Labute approximate surface area is 75.6 Å². The van der Waals surface area contributed by atoms with Crippen molar-refractivity contribution in [3.8, 4) is 12.3 Å². The first-order chi connectivity index (χ1) is 5.74. The van der Waals surface area contributed by atoms with Gasteiger partial charge >= 0.3 is 0 Å². The Kier molecular flexibility index (Phi) is 2.84. The van der Waals surface area contributed by atoms with E-state index in [1.165, 1.54) is 6.20 Å². The molecule has 12 heavy (non-hydrogen) atoms. The van der Waals surface area contributed by atoms with Crippen molar-refractivity contribution in [2.75, 3.05) is 0 Å². The Morgan fingerprint density at radius 2 is 2.42 bits per heavy atom. The summed E-state index contributed by atoms with van der Waals surface area (Å²) >= 11 is 5.58. The number of pyridine rings is 1. The second-order valence-corrected chi connectivity index (χ2v) is 2.60. The molecule has 60 valence electrons. The summed E-state index contributed by atoms with van der Waals surface area (Å²) in [5, 5.41) is 0.507. The van der Waals surface area contributed by atoms with E-state index in [9.17, 15) is 4.79 Å². The monoisotopic (exact) mass is 179 g/mol. The van der Waals surface area contributed by atoms with Crippen LogP contribution >= 0.6 is 11.6 Å². The predicted octanol–water partition coefficient (Wildman–Crippen LogP) is 1.94. The van der Waals surface area contributed by atoms with E-state index in [4.69, 9.17) is 18.0 Å². The van der Waals surface area contributed by atoms with Crippen molar-refractivity contribution in [1.82, 2.24) is 4.98 Å². The lowest BCUT2D eigenvalue weighted by Crippen LogP contribution is -1.99. The van der Waals surface area contributed by atoms with Crippen LogP contribution in [0.3, 0.4) is 0 Å². The lowest BCUT2D eigenvalue weighted by Gasteiger charge is -1.94. The van der Waals surface area contributed by atoms with E-state index in [1.807, 2.05) is 0 Å². The summed E-state index contributed by atoms with van der Waals surface area (Å²) in [5.74, 6) is 2.10. The average molecular weight is 180 g/mol. The summed E-state index contributed by atoms with van der Waals surface area (Å²) in [6, 6.07) is 3.17. The molecule has 0 bridgehead atoms. The molecule has 1 rings (SSSR count). The van der Waals surface area contributed by atoms with Crippen LogP contribution in [0.4, 0.5) is 0 Å². The standard InChI is InChI=1S/C9H6ClNO/c1-2-3-9(12)8-5-4-7(10)6-11-8/h1,4-6H,3H2. The quantitative estimate of drug-likeness (QED) is 0.513. The maximum absolute atomic E-state index is 11.1. The number of carbonyl (C=O) groups excluding carboxylic acids is 1. The summed E-state index contributed by atoms with van der Waals surface area (Å²) < 4.78 is 0. The van der Waals surface area contributed by atoms with Gasteiger partial charge in [-0.3, -0.25) is 9.78 Å². The zero-order valence-corrected chi connectivity index (χ0v) is 7.01. The second kappa shape index (κ2) is 3.89. The SMILES string of the molecule is C#CCC(=O)c1ccc(Cl)cn1. The van der Waals surface area contributed by atoms with Gasteiger partial charge in [0, 0.05) is 6.20 Å². The van der Waals surface area contributed by atoms with Gasteiger partial charge in [-0.05, 0) is 12.1 Å². The van der Waals surface area contributed by atoms with Crippen LogP contribution in [-0.4, -0.2) is 10.8 Å². The fourth-order valence-corrected chi connectivity index (χ4v) is 0.836. The number of rotatable bonds is 2. The van der Waals surface area contributed by atoms with Gasteiger partial charge in [0.1, 0.15) is 5.69 Å². The molecule has 0 aliphatic rings. The molecule has 0 N–H and O–H groups in total. The van der Waals surface area contributed by atoms with Crippen molar-refractivity contribution in [2.24, 2.45) is 0 Å². The molecule has 1 heterocycles. The van der Waals surface area contributed by atoms with Gasteiger partial charge in [0.15, 0.2) is 5.78 Å². The summed E-state index contributed by atoms with van der Waals surface area (Å²) in [6.07, 6.45) is 6.47. The molecule has 0 amide bonds. The van der Waals surface area contributed by atoms with Crippen LogP contribution in [0.25, 0.3) is 0 Å². The van der Waals surface area contributed by atoms with Crippen LogP contribution in [-0.2, 0) is 0 Å². The number of hydrogen-bond acceptors (Lipinski definition) is 2. The molecule has 0 radical (unpaired) electrons. The van der Waals surface area contributed by atoms with E-state index in [2.05, 4.69) is 10.9 Å². The third-order valence-corrected chi connectivity index (χ3v) is 1.50. The number of hydrogen-bond donors (Lipinski definition) is 0. The molecule has 0 aromatic carbocycles. The van der Waals surface area contributed by atoms with E-state index in [-0.39, 0.29) is 12.2 Å². The molecule has 2 nitrogen and oxygen atoms in total. The Bertz CT molecular complexity index is 323. The van der Waals surface area contributed by atoms with Crippen molar-refractivity contribution in [1.29, 1.82) is 0 Å². The molecule has 0 atom stereocenters. The number of halogens is 1. The molecule has 0 spiro atoms. The zero-order valence-electron chi connectivity index (χ0n) is 6.25. The molecular weight excluding hydrogens is 174 g/mol. The first kappa shape index (κ1) is 8.76. The minimum atomic E-state index is -0.158. The second-order valence-electron chi connectivity index (χ2n) is 2.17. The van der Waals surface area contributed by atoms with E-state index in [0.29, 0.717) is 10.7 Å². The first-order valence-corrected chi connectivity index (χ1v) is 3.70. The molecular formula is C9H6ClNO. The maximum Gasteiger partial charge on any atom is 0.193 e. The van der Waals surface area contributed by atoms with Gasteiger partial charge in [0.2, 0.25) is 0 Å². The van der Waals surface area contributed by atoms with Crippen LogP contribution < -0.4 is 0 Å². The Morgan fingerprint density at radius 3 is 2.92 bits per heavy atom. The topological polar surface area (TPSA) is 30.0 Å². The smallest absolute Gasteiger partial charge is 0.193 e. The summed E-state index contributed by atoms with van der Waals surface area (Å²) in [6.45, 7) is 0. The van der Waals surface area contributed by atoms with Crippen molar-refractivity contribution in [2.45, 2.75) is 6.42 Å². The van der Waals surface area contributed by atoms with Crippen molar-refractivity contribution in [3.05, 3.63) is 29.0 Å². The number of aromatic nitrogens is 1. The van der Waals surface area contributed by atoms with Crippen LogP contribution in [0.1, 0.15) is 16.9 Å². The predicted molar refractivity (Wildman–Crippen MR) is 47.0 cm³/mol. The summed E-state index contributed by atoms with van der Waals surface area (Å²) in [5.41, 5.74) is 0.359. The number of ketones is 1. The minimum Gasteiger partial charge on any atom is -0.291 e. The van der Waals surface area contributed by atoms with E-state index in [1.54, 1.807) is 12.1 Å². The molecule has 0 unspecified atom stereocenters. The lowest BCUT2D eigenvalue weighted by atomic mass is 10.2. The third-order valence-electron chi connectivity index (χ3n) is 1.28. The number of nitrogens with zero attached hydrogens (tertiary/aromatic N) is 1. The number of Topliss-reactive ketones (excluding diaryl/α,β-unsaturated/α-hetero) is 1. The Morgan fingerprint density at radius 1 is 1.67 bits per heavy atom. The average Bonchev–Trinajstić information content (AvgIpc) is 2.06. The Hall–Kier alpha value is -1.33. The summed E-state index contributed by atoms with van der Waals surface area (Å²) in [7, 11) is 0. The van der Waals surface area contributed by atoms with Gasteiger partial charge in [-0.2, -0.15) is 0 Å². The fourth-order valence-electron chi connectivity index (χ4n) is 0.724. The highest BCUT2D eigenvalue weighted by Crippen LogP contribution is 2.07. The van der Waals surface area contributed by atoms with Crippen LogP contribution in [0.5, 0.6) is 0 Å². The molecule has 0 saturated heterocycles. The van der Waals surface area contributed by atoms with Gasteiger partial charge in [-0.15, -0.1) is 6.42 Å². The normalized spacial score (nSPS) is 9.00. The van der Waals surface area contributed by atoms with Crippen LogP contribution in [0.2, 0.25) is 5.02 Å². The molecule has 1 aromatic heterocycles. The minimum absolute atomic E-state index is 0.0780. The van der Waals surface area contributed by atoms with E-state index in [0.717, 1.165) is 0 Å². The van der Waals surface area contributed by atoms with Crippen molar-refractivity contribution in [3.63, 3.8) is 0 Å². The largest absolute Gasteiger partial charge is 0.291 e. The first-order valence-electron chi connectivity index (χ1n) is 3.32. The molecule has 1 aromatic rings. The molecule has 0 aliphatic carbocycles. The van der Waals surface area contributed by atoms with Crippen LogP contribution in [0.15, 0.2) is 18.3 Å². The number of terminal acetylenes is 1. The Balaban J connectivity index is 2.84. The highest BCUT2D eigenvalue weighted by molar-refractivity contribution is 6.30. The van der Waals surface area contributed by atoms with E-state index >= 15 is 0 Å². The van der Waals surface area contributed by atoms with Gasteiger partial charge in [0.25, 0.3) is 0 Å². The van der Waals surface area contributed by atoms with Gasteiger partial charge in [-0.1, -0.05) is 17.5 Å². The van der Waals surface area contributed by atoms with E-state index < -0.39 is 0 Å². The van der Waals surface area contributed by atoms with Crippen molar-refractivity contribution < 1.29 is 4.79 Å². The van der Waals surface area contributed by atoms with Gasteiger partial charge in [0.05, 0.1) is 11.4 Å².